The highest BCUT2D eigenvalue weighted by Gasteiger charge is 1.98. The van der Waals surface area contributed by atoms with Gasteiger partial charge in [0.25, 0.3) is 0 Å². The van der Waals surface area contributed by atoms with Gasteiger partial charge in [-0.25, -0.2) is 0 Å². The Morgan fingerprint density at radius 2 is 2.56 bits per heavy atom. The van der Waals surface area contributed by atoms with E-state index in [2.05, 4.69) is 0 Å². The fourth-order valence-electron chi connectivity index (χ4n) is 0.155. The average molecular weight is 144 g/mol. The summed E-state index contributed by atoms with van der Waals surface area (Å²) in [6.45, 7) is 1.34. The van der Waals surface area contributed by atoms with Gasteiger partial charge in [-0.05, 0) is 11.8 Å². The summed E-state index contributed by atoms with van der Waals surface area (Å²) in [4.78, 5) is 9.28. The van der Waals surface area contributed by atoms with E-state index < -0.39 is 4.92 Å². The van der Waals surface area contributed by atoms with Gasteiger partial charge < -0.3 is 0 Å². The van der Waals surface area contributed by atoms with E-state index in [0.717, 1.165) is 11.8 Å². The number of rotatable bonds is 2. The Morgan fingerprint density at radius 3 is 2.89 bits per heavy atom. The lowest BCUT2D eigenvalue weighted by molar-refractivity contribution is -0.424. The summed E-state index contributed by atoms with van der Waals surface area (Å²) < 4.78 is 0. The van der Waals surface area contributed by atoms with E-state index >= 15 is 0 Å². The first kappa shape index (κ1) is 7.98. The van der Waals surface area contributed by atoms with Crippen LogP contribution in [-0.2, 0) is 0 Å². The number of nitriles is 1. The van der Waals surface area contributed by atoms with E-state index in [1.54, 1.807) is 5.40 Å². The van der Waals surface area contributed by atoms with Crippen LogP contribution >= 0.6 is 11.8 Å². The summed E-state index contributed by atoms with van der Waals surface area (Å²) in [6, 6.07) is 0. The normalized spacial score (nSPS) is 10.4. The lowest BCUT2D eigenvalue weighted by Crippen LogP contribution is -1.91. The highest BCUT2D eigenvalue weighted by molar-refractivity contribution is 8.06. The van der Waals surface area contributed by atoms with Crippen molar-refractivity contribution >= 4 is 11.8 Å². The van der Waals surface area contributed by atoms with Gasteiger partial charge in [0.1, 0.15) is 5.40 Å². The Labute approximate surface area is 56.3 Å². The van der Waals surface area contributed by atoms with Gasteiger partial charge >= 0.3 is 0 Å². The fraction of sp³-hybridized carbons (Fsp3) is 0.250. The molecular formula is C4H4N2O2S. The number of thioether (sulfide) groups is 1. The van der Waals surface area contributed by atoms with Crippen molar-refractivity contribution in [3.8, 4) is 5.40 Å². The molecule has 0 spiro atoms. The second-order valence-corrected chi connectivity index (χ2v) is 1.88. The van der Waals surface area contributed by atoms with Crippen LogP contribution in [-0.4, -0.2) is 4.92 Å². The van der Waals surface area contributed by atoms with Crippen LogP contribution in [0.1, 0.15) is 6.92 Å². The van der Waals surface area contributed by atoms with Gasteiger partial charge in [0.05, 0.1) is 10.3 Å². The van der Waals surface area contributed by atoms with Crippen LogP contribution in [0.2, 0.25) is 0 Å². The predicted molar refractivity (Wildman–Crippen MR) is 34.0 cm³/mol. The third kappa shape index (κ3) is 3.55. The van der Waals surface area contributed by atoms with E-state index in [1.807, 2.05) is 0 Å². The first-order valence-electron chi connectivity index (χ1n) is 2.04. The van der Waals surface area contributed by atoms with Gasteiger partial charge in [-0.3, -0.25) is 10.1 Å². The number of nitro groups is 1. The van der Waals surface area contributed by atoms with Crippen LogP contribution in [0.15, 0.2) is 11.1 Å². The molecule has 0 unspecified atom stereocenters. The average Bonchev–Trinajstić information content (AvgIpc) is 1.82. The summed E-state index contributed by atoms with van der Waals surface area (Å²) in [5.74, 6) is 0. The topological polar surface area (TPSA) is 66.9 Å². The van der Waals surface area contributed by atoms with Crippen molar-refractivity contribution in [2.75, 3.05) is 0 Å². The molecule has 48 valence electrons. The Hall–Kier alpha value is -1.02. The molecule has 0 aromatic rings. The van der Waals surface area contributed by atoms with Crippen LogP contribution in [0.3, 0.4) is 0 Å². The van der Waals surface area contributed by atoms with Crippen molar-refractivity contribution in [1.29, 1.82) is 5.26 Å². The van der Waals surface area contributed by atoms with E-state index in [4.69, 9.17) is 5.26 Å². The zero-order valence-electron chi connectivity index (χ0n) is 4.70. The number of allylic oxidation sites excluding steroid dienone is 1. The van der Waals surface area contributed by atoms with E-state index in [1.165, 1.54) is 12.3 Å². The Bertz CT molecular complexity index is 181. The zero-order valence-corrected chi connectivity index (χ0v) is 5.51. The quantitative estimate of drug-likeness (QED) is 0.333. The van der Waals surface area contributed by atoms with Gasteiger partial charge in [0, 0.05) is 6.92 Å². The van der Waals surface area contributed by atoms with Crippen molar-refractivity contribution < 1.29 is 4.92 Å². The molecule has 0 radical (unpaired) electrons. The highest BCUT2D eigenvalue weighted by Crippen LogP contribution is 2.03. The molecule has 0 bridgehead atoms. The molecule has 9 heavy (non-hydrogen) atoms. The summed E-state index contributed by atoms with van der Waals surface area (Å²) >= 11 is 0.746. The monoisotopic (exact) mass is 144 g/mol. The second kappa shape index (κ2) is 3.92. The minimum atomic E-state index is -0.537. The molecule has 0 saturated carbocycles. The third-order valence-corrected chi connectivity index (χ3v) is 1.13. The van der Waals surface area contributed by atoms with Crippen molar-refractivity contribution in [3.63, 3.8) is 0 Å². The van der Waals surface area contributed by atoms with E-state index in [-0.39, 0.29) is 5.70 Å². The number of thiocyanates is 1. The fourth-order valence-corrected chi connectivity index (χ4v) is 0.464. The molecule has 0 aromatic carbocycles. The first-order chi connectivity index (χ1) is 4.18. The molecule has 0 aliphatic heterocycles. The summed E-state index contributed by atoms with van der Waals surface area (Å²) in [6.07, 6.45) is 0. The summed E-state index contributed by atoms with van der Waals surface area (Å²) in [5, 5.41) is 20.6. The molecule has 5 heteroatoms. The van der Waals surface area contributed by atoms with Crippen LogP contribution < -0.4 is 0 Å². The van der Waals surface area contributed by atoms with Crippen molar-refractivity contribution in [3.05, 3.63) is 21.2 Å². The van der Waals surface area contributed by atoms with Crippen molar-refractivity contribution in [1.82, 2.24) is 0 Å². The molecule has 4 nitrogen and oxygen atoms in total. The van der Waals surface area contributed by atoms with Crippen molar-refractivity contribution in [2.45, 2.75) is 6.92 Å². The molecule has 0 saturated heterocycles. The Balaban J connectivity index is 3.88. The van der Waals surface area contributed by atoms with Crippen LogP contribution in [0.5, 0.6) is 0 Å². The summed E-state index contributed by atoms with van der Waals surface area (Å²) in [5.41, 5.74) is -0.0125. The molecule has 0 rings (SSSR count). The molecule has 0 aliphatic rings. The number of hydrogen-bond donors (Lipinski definition) is 0. The molecular weight excluding hydrogens is 140 g/mol. The Morgan fingerprint density at radius 1 is 2.00 bits per heavy atom. The standard InChI is InChI=1S/C4H4N2O2S/c1-4(6(7)8)2-9-3-5/h2H,1H3. The van der Waals surface area contributed by atoms with Gasteiger partial charge in [-0.2, -0.15) is 5.26 Å². The highest BCUT2D eigenvalue weighted by atomic mass is 32.2. The third-order valence-electron chi connectivity index (χ3n) is 0.570. The molecule has 0 N–H and O–H groups in total. The van der Waals surface area contributed by atoms with Gasteiger partial charge in [0.15, 0.2) is 0 Å². The first-order valence-corrected chi connectivity index (χ1v) is 2.92. The lowest BCUT2D eigenvalue weighted by atomic mass is 10.6. The van der Waals surface area contributed by atoms with Crippen LogP contribution in [0.4, 0.5) is 0 Å². The minimum absolute atomic E-state index is 0.0125. The number of hydrogen-bond acceptors (Lipinski definition) is 4. The molecule has 0 aliphatic carbocycles. The molecule has 0 fully saturated rings. The maximum atomic E-state index is 9.82. The Kier molecular flexibility index (Phi) is 3.48. The molecule has 0 heterocycles. The SMILES string of the molecule is CC(=CSC#N)[N+](=O)[O-]. The van der Waals surface area contributed by atoms with Gasteiger partial charge in [-0.1, -0.05) is 0 Å². The minimum Gasteiger partial charge on any atom is -0.259 e. The second-order valence-electron chi connectivity index (χ2n) is 1.23. The largest absolute Gasteiger partial charge is 0.259 e. The zero-order chi connectivity index (χ0) is 7.28. The lowest BCUT2D eigenvalue weighted by Gasteiger charge is -1.83. The molecule has 0 aromatic heterocycles. The van der Waals surface area contributed by atoms with E-state index in [9.17, 15) is 10.1 Å². The summed E-state index contributed by atoms with van der Waals surface area (Å²) in [7, 11) is 0. The number of nitrogens with zero attached hydrogens (tertiary/aromatic N) is 2. The maximum absolute atomic E-state index is 9.82. The van der Waals surface area contributed by atoms with Crippen molar-refractivity contribution in [2.24, 2.45) is 0 Å². The molecule has 0 amide bonds. The van der Waals surface area contributed by atoms with Gasteiger partial charge in [0.2, 0.25) is 5.70 Å². The van der Waals surface area contributed by atoms with Crippen LogP contribution in [0, 0.1) is 20.8 Å². The van der Waals surface area contributed by atoms with E-state index in [0.29, 0.717) is 0 Å². The van der Waals surface area contributed by atoms with Crippen LogP contribution in [0.25, 0.3) is 0 Å². The molecule has 0 atom stereocenters. The maximum Gasteiger partial charge on any atom is 0.250 e. The van der Waals surface area contributed by atoms with Gasteiger partial charge in [-0.15, -0.1) is 0 Å². The smallest absolute Gasteiger partial charge is 0.250 e. The predicted octanol–water partition coefficient (Wildman–Crippen LogP) is 1.34.